The van der Waals surface area contributed by atoms with Crippen LogP contribution in [0.15, 0.2) is 41.3 Å². The Hall–Kier alpha value is -2.50. The molecule has 6 heteroatoms. The van der Waals surface area contributed by atoms with Crippen LogP contribution in [-0.4, -0.2) is 26.7 Å². The zero-order chi connectivity index (χ0) is 12.2. The van der Waals surface area contributed by atoms with Gasteiger partial charge >= 0.3 is 0 Å². The summed E-state index contributed by atoms with van der Waals surface area (Å²) in [6.45, 7) is 0.676. The van der Waals surface area contributed by atoms with Gasteiger partial charge in [0.25, 0.3) is 0 Å². The van der Waals surface area contributed by atoms with Crippen molar-refractivity contribution < 1.29 is 4.52 Å². The van der Waals surface area contributed by atoms with E-state index in [9.17, 15) is 0 Å². The standard InChI is InChI=1S/C12H11N5O/c1-2-4-10-9(3-1)14-7-11(17-10)13-6-5-12-15-8-16-18-12/h1-4,7-8H,5-6H2,(H,13,17). The maximum Gasteiger partial charge on any atom is 0.228 e. The molecule has 0 bridgehead atoms. The Morgan fingerprint density at radius 1 is 1.11 bits per heavy atom. The summed E-state index contributed by atoms with van der Waals surface area (Å²) < 4.78 is 4.90. The molecular formula is C12H11N5O. The molecule has 1 aromatic carbocycles. The highest BCUT2D eigenvalue weighted by molar-refractivity contribution is 5.75. The third kappa shape index (κ3) is 2.27. The second kappa shape index (κ2) is 4.79. The summed E-state index contributed by atoms with van der Waals surface area (Å²) in [6.07, 6.45) is 3.77. The predicted molar refractivity (Wildman–Crippen MR) is 66.0 cm³/mol. The third-order valence-corrected chi connectivity index (χ3v) is 2.50. The van der Waals surface area contributed by atoms with Crippen molar-refractivity contribution in [2.75, 3.05) is 11.9 Å². The van der Waals surface area contributed by atoms with Crippen molar-refractivity contribution in [1.82, 2.24) is 20.1 Å². The number of hydrogen-bond acceptors (Lipinski definition) is 6. The summed E-state index contributed by atoms with van der Waals surface area (Å²) in [7, 11) is 0. The molecule has 0 aliphatic rings. The monoisotopic (exact) mass is 241 g/mol. The van der Waals surface area contributed by atoms with E-state index in [1.54, 1.807) is 6.20 Å². The van der Waals surface area contributed by atoms with Crippen molar-refractivity contribution >= 4 is 16.9 Å². The van der Waals surface area contributed by atoms with Crippen molar-refractivity contribution in [3.63, 3.8) is 0 Å². The van der Waals surface area contributed by atoms with E-state index in [1.165, 1.54) is 6.33 Å². The zero-order valence-corrected chi connectivity index (χ0v) is 9.58. The fraction of sp³-hybridized carbons (Fsp3) is 0.167. The van der Waals surface area contributed by atoms with Crippen LogP contribution in [0.1, 0.15) is 5.89 Å². The van der Waals surface area contributed by atoms with Crippen LogP contribution in [0.4, 0.5) is 5.82 Å². The molecular weight excluding hydrogens is 230 g/mol. The van der Waals surface area contributed by atoms with Gasteiger partial charge in [0.2, 0.25) is 5.89 Å². The largest absolute Gasteiger partial charge is 0.368 e. The number of para-hydroxylation sites is 2. The van der Waals surface area contributed by atoms with Crippen LogP contribution in [0, 0.1) is 0 Å². The Bertz CT molecular complexity index is 638. The van der Waals surface area contributed by atoms with Crippen LogP contribution >= 0.6 is 0 Å². The molecule has 0 saturated heterocycles. The molecule has 2 heterocycles. The number of fused-ring (bicyclic) bond motifs is 1. The molecule has 0 amide bonds. The van der Waals surface area contributed by atoms with Gasteiger partial charge in [0.15, 0.2) is 6.33 Å². The van der Waals surface area contributed by atoms with Gasteiger partial charge < -0.3 is 9.84 Å². The van der Waals surface area contributed by atoms with E-state index in [1.807, 2.05) is 24.3 Å². The van der Waals surface area contributed by atoms with E-state index in [2.05, 4.69) is 25.4 Å². The van der Waals surface area contributed by atoms with Crippen LogP contribution in [0.3, 0.4) is 0 Å². The summed E-state index contributed by atoms with van der Waals surface area (Å²) in [5, 5.41) is 6.72. The molecule has 6 nitrogen and oxygen atoms in total. The molecule has 0 unspecified atom stereocenters. The number of aromatic nitrogens is 4. The first kappa shape index (κ1) is 10.6. The van der Waals surface area contributed by atoms with Gasteiger partial charge in [-0.05, 0) is 12.1 Å². The fourth-order valence-electron chi connectivity index (χ4n) is 1.65. The number of hydrogen-bond donors (Lipinski definition) is 1. The highest BCUT2D eigenvalue weighted by atomic mass is 16.5. The molecule has 90 valence electrons. The Morgan fingerprint density at radius 3 is 2.83 bits per heavy atom. The molecule has 3 aromatic rings. The van der Waals surface area contributed by atoms with Gasteiger partial charge in [0.1, 0.15) is 5.82 Å². The number of nitrogens with one attached hydrogen (secondary N) is 1. The summed E-state index contributed by atoms with van der Waals surface area (Å²) in [5.74, 6) is 1.35. The Balaban J connectivity index is 1.67. The Kier molecular flexibility index (Phi) is 2.83. The van der Waals surface area contributed by atoms with Gasteiger partial charge in [-0.3, -0.25) is 4.98 Å². The lowest BCUT2D eigenvalue weighted by molar-refractivity contribution is 0.379. The molecule has 1 N–H and O–H groups in total. The number of benzene rings is 1. The van der Waals surface area contributed by atoms with Gasteiger partial charge in [0, 0.05) is 13.0 Å². The molecule has 0 fully saturated rings. The quantitative estimate of drug-likeness (QED) is 0.748. The third-order valence-electron chi connectivity index (χ3n) is 2.50. The molecule has 0 aliphatic heterocycles. The van der Waals surface area contributed by atoms with E-state index in [0.717, 1.165) is 16.9 Å². The van der Waals surface area contributed by atoms with Crippen LogP contribution in [-0.2, 0) is 6.42 Å². The highest BCUT2D eigenvalue weighted by Crippen LogP contribution is 2.11. The lowest BCUT2D eigenvalue weighted by Crippen LogP contribution is -2.06. The molecule has 0 spiro atoms. The smallest absolute Gasteiger partial charge is 0.228 e. The van der Waals surface area contributed by atoms with Crippen LogP contribution < -0.4 is 5.32 Å². The fourth-order valence-corrected chi connectivity index (χ4v) is 1.65. The summed E-state index contributed by atoms with van der Waals surface area (Å²) in [5.41, 5.74) is 1.76. The molecule has 0 aliphatic carbocycles. The first-order valence-corrected chi connectivity index (χ1v) is 5.63. The highest BCUT2D eigenvalue weighted by Gasteiger charge is 2.01. The topological polar surface area (TPSA) is 76.7 Å². The maximum absolute atomic E-state index is 4.90. The van der Waals surface area contributed by atoms with Gasteiger partial charge in [-0.1, -0.05) is 17.3 Å². The first-order valence-electron chi connectivity index (χ1n) is 5.63. The van der Waals surface area contributed by atoms with Crippen molar-refractivity contribution in [2.45, 2.75) is 6.42 Å². The van der Waals surface area contributed by atoms with Crippen molar-refractivity contribution in [1.29, 1.82) is 0 Å². The number of rotatable bonds is 4. The van der Waals surface area contributed by atoms with Crippen molar-refractivity contribution in [3.8, 4) is 0 Å². The van der Waals surface area contributed by atoms with E-state index >= 15 is 0 Å². The van der Waals surface area contributed by atoms with Crippen molar-refractivity contribution in [3.05, 3.63) is 42.7 Å². The predicted octanol–water partition coefficient (Wildman–Crippen LogP) is 1.67. The van der Waals surface area contributed by atoms with E-state index in [0.29, 0.717) is 18.9 Å². The summed E-state index contributed by atoms with van der Waals surface area (Å²) in [4.78, 5) is 12.7. The lowest BCUT2D eigenvalue weighted by Gasteiger charge is -2.04. The van der Waals surface area contributed by atoms with Crippen LogP contribution in [0.5, 0.6) is 0 Å². The van der Waals surface area contributed by atoms with Gasteiger partial charge in [-0.15, -0.1) is 0 Å². The molecule has 0 radical (unpaired) electrons. The minimum Gasteiger partial charge on any atom is -0.368 e. The van der Waals surface area contributed by atoms with Gasteiger partial charge in [-0.25, -0.2) is 4.98 Å². The maximum atomic E-state index is 4.90. The average molecular weight is 241 g/mol. The summed E-state index contributed by atoms with van der Waals surface area (Å²) >= 11 is 0. The Labute approximate surface area is 103 Å². The van der Waals surface area contributed by atoms with E-state index < -0.39 is 0 Å². The zero-order valence-electron chi connectivity index (χ0n) is 9.58. The molecule has 0 atom stereocenters. The SMILES string of the molecule is c1ccc2nc(NCCc3ncno3)cnc2c1. The summed E-state index contributed by atoms with van der Waals surface area (Å²) in [6, 6.07) is 7.76. The minimum atomic E-state index is 0.608. The molecule has 18 heavy (non-hydrogen) atoms. The first-order chi connectivity index (χ1) is 8.92. The molecule has 2 aromatic heterocycles. The Morgan fingerprint density at radius 2 is 2.00 bits per heavy atom. The molecule has 3 rings (SSSR count). The number of nitrogens with zero attached hydrogens (tertiary/aromatic N) is 4. The van der Waals surface area contributed by atoms with Gasteiger partial charge in [0.05, 0.1) is 17.2 Å². The second-order valence-corrected chi connectivity index (χ2v) is 3.76. The van der Waals surface area contributed by atoms with Gasteiger partial charge in [-0.2, -0.15) is 4.98 Å². The lowest BCUT2D eigenvalue weighted by atomic mass is 10.3. The average Bonchev–Trinajstić information content (AvgIpc) is 2.92. The molecule has 0 saturated carbocycles. The van der Waals surface area contributed by atoms with E-state index in [4.69, 9.17) is 4.52 Å². The van der Waals surface area contributed by atoms with Crippen LogP contribution in [0.25, 0.3) is 11.0 Å². The van der Waals surface area contributed by atoms with Crippen molar-refractivity contribution in [2.24, 2.45) is 0 Å². The number of anilines is 1. The normalized spacial score (nSPS) is 10.7. The minimum absolute atomic E-state index is 0.608. The second-order valence-electron chi connectivity index (χ2n) is 3.76. The van der Waals surface area contributed by atoms with E-state index in [-0.39, 0.29) is 0 Å². The van der Waals surface area contributed by atoms with Crippen LogP contribution in [0.2, 0.25) is 0 Å².